The first-order chi connectivity index (χ1) is 9.36. The molecular formula is C16H17NO2. The zero-order valence-electron chi connectivity index (χ0n) is 10.7. The van der Waals surface area contributed by atoms with Crippen molar-refractivity contribution in [2.24, 2.45) is 0 Å². The summed E-state index contributed by atoms with van der Waals surface area (Å²) < 4.78 is 5.63. The molecular weight excluding hydrogens is 238 g/mol. The van der Waals surface area contributed by atoms with Gasteiger partial charge in [0.1, 0.15) is 18.1 Å². The highest BCUT2D eigenvalue weighted by molar-refractivity contribution is 5.40. The van der Waals surface area contributed by atoms with E-state index >= 15 is 0 Å². The number of aliphatic hydroxyl groups is 1. The van der Waals surface area contributed by atoms with Gasteiger partial charge < -0.3 is 9.52 Å². The molecule has 98 valence electrons. The molecule has 0 aliphatic carbocycles. The number of aliphatic hydroxyl groups excluding tert-OH is 1. The molecule has 0 saturated carbocycles. The van der Waals surface area contributed by atoms with Crippen LogP contribution in [-0.2, 0) is 13.2 Å². The van der Waals surface area contributed by atoms with Crippen LogP contribution < -0.4 is 0 Å². The summed E-state index contributed by atoms with van der Waals surface area (Å²) >= 11 is 0. The highest BCUT2D eigenvalue weighted by Gasteiger charge is 2.43. The maximum Gasteiger partial charge on any atom is 0.129 e. The Kier molecular flexibility index (Phi) is 2.50. The van der Waals surface area contributed by atoms with E-state index in [9.17, 15) is 0 Å². The quantitative estimate of drug-likeness (QED) is 0.915. The zero-order valence-corrected chi connectivity index (χ0v) is 10.7. The number of hydrogen-bond donors (Lipinski definition) is 1. The van der Waals surface area contributed by atoms with E-state index in [0.717, 1.165) is 12.3 Å². The molecule has 2 aliphatic rings. The van der Waals surface area contributed by atoms with Crippen LogP contribution in [0.5, 0.6) is 0 Å². The summed E-state index contributed by atoms with van der Waals surface area (Å²) in [4.78, 5) is 2.53. The van der Waals surface area contributed by atoms with E-state index in [-0.39, 0.29) is 6.61 Å². The summed E-state index contributed by atoms with van der Waals surface area (Å²) in [6.45, 7) is 0.817. The average molecular weight is 255 g/mol. The van der Waals surface area contributed by atoms with E-state index in [0.29, 0.717) is 17.8 Å². The normalized spacial score (nSPS) is 24.9. The molecule has 2 bridgehead atoms. The highest BCUT2D eigenvalue weighted by Crippen LogP contribution is 2.53. The first-order valence-electron chi connectivity index (χ1n) is 6.90. The smallest absolute Gasteiger partial charge is 0.129 e. The van der Waals surface area contributed by atoms with Gasteiger partial charge in [-0.2, -0.15) is 0 Å². The third-order valence-electron chi connectivity index (χ3n) is 4.44. The molecule has 2 aliphatic heterocycles. The summed E-state index contributed by atoms with van der Waals surface area (Å²) in [6, 6.07) is 13.7. The fourth-order valence-electron chi connectivity index (χ4n) is 3.64. The van der Waals surface area contributed by atoms with Crippen molar-refractivity contribution in [3.8, 4) is 0 Å². The summed E-state index contributed by atoms with van der Waals surface area (Å²) in [5.74, 6) is 1.60. The lowest BCUT2D eigenvalue weighted by Gasteiger charge is -2.20. The lowest BCUT2D eigenvalue weighted by atomic mass is 9.92. The Morgan fingerprint density at radius 1 is 1.00 bits per heavy atom. The largest absolute Gasteiger partial charge is 0.462 e. The van der Waals surface area contributed by atoms with Crippen molar-refractivity contribution in [3.05, 3.63) is 59.0 Å². The Morgan fingerprint density at radius 2 is 1.63 bits per heavy atom. The molecule has 3 heteroatoms. The van der Waals surface area contributed by atoms with Crippen LogP contribution in [-0.4, -0.2) is 10.0 Å². The van der Waals surface area contributed by atoms with Crippen LogP contribution in [0.4, 0.5) is 0 Å². The van der Waals surface area contributed by atoms with Crippen LogP contribution in [0.1, 0.15) is 47.6 Å². The van der Waals surface area contributed by atoms with Gasteiger partial charge in [-0.3, -0.25) is 4.90 Å². The predicted molar refractivity (Wildman–Crippen MR) is 71.3 cm³/mol. The number of nitrogens with zero attached hydrogens (tertiary/aromatic N) is 1. The van der Waals surface area contributed by atoms with Crippen molar-refractivity contribution < 1.29 is 9.52 Å². The fourth-order valence-corrected chi connectivity index (χ4v) is 3.64. The summed E-state index contributed by atoms with van der Waals surface area (Å²) in [7, 11) is 0. The topological polar surface area (TPSA) is 36.6 Å². The molecule has 1 fully saturated rings. The van der Waals surface area contributed by atoms with E-state index in [4.69, 9.17) is 9.52 Å². The SMILES string of the molecule is OCc1ccc(CN2C3CCC2c2ccccc23)o1. The van der Waals surface area contributed by atoms with Crippen LogP contribution in [0.15, 0.2) is 40.8 Å². The van der Waals surface area contributed by atoms with Gasteiger partial charge in [-0.05, 0) is 36.1 Å². The molecule has 0 amide bonds. The Balaban J connectivity index is 1.61. The molecule has 1 saturated heterocycles. The minimum Gasteiger partial charge on any atom is -0.462 e. The molecule has 3 nitrogen and oxygen atoms in total. The molecule has 19 heavy (non-hydrogen) atoms. The van der Waals surface area contributed by atoms with Gasteiger partial charge in [0.2, 0.25) is 0 Å². The van der Waals surface area contributed by atoms with Crippen molar-refractivity contribution in [2.75, 3.05) is 0 Å². The molecule has 1 N–H and O–H groups in total. The van der Waals surface area contributed by atoms with Gasteiger partial charge in [0.15, 0.2) is 0 Å². The average Bonchev–Trinajstić information content (AvgIpc) is 3.14. The van der Waals surface area contributed by atoms with Gasteiger partial charge >= 0.3 is 0 Å². The van der Waals surface area contributed by atoms with Crippen LogP contribution in [0.2, 0.25) is 0 Å². The minimum absolute atomic E-state index is 0.0208. The second kappa shape index (κ2) is 4.22. The third-order valence-corrected chi connectivity index (χ3v) is 4.44. The molecule has 0 spiro atoms. The standard InChI is InChI=1S/C16H17NO2/c18-10-12-6-5-11(19-12)9-17-15-7-8-16(17)14-4-2-1-3-13(14)15/h1-6,15-16,18H,7-10H2. The number of benzene rings is 1. The number of furan rings is 1. The van der Waals surface area contributed by atoms with E-state index in [1.165, 1.54) is 24.0 Å². The minimum atomic E-state index is -0.0208. The van der Waals surface area contributed by atoms with E-state index in [2.05, 4.69) is 29.2 Å². The molecule has 2 unspecified atom stereocenters. The molecule has 2 atom stereocenters. The lowest BCUT2D eigenvalue weighted by Crippen LogP contribution is -2.18. The first-order valence-corrected chi connectivity index (χ1v) is 6.90. The number of fused-ring (bicyclic) bond motifs is 5. The van der Waals surface area contributed by atoms with E-state index < -0.39 is 0 Å². The van der Waals surface area contributed by atoms with Crippen molar-refractivity contribution in [2.45, 2.75) is 38.1 Å². The van der Waals surface area contributed by atoms with Gasteiger partial charge in [-0.15, -0.1) is 0 Å². The third kappa shape index (κ3) is 1.66. The van der Waals surface area contributed by atoms with Crippen molar-refractivity contribution in [1.29, 1.82) is 0 Å². The summed E-state index contributed by atoms with van der Waals surface area (Å²) in [6.07, 6.45) is 2.49. The predicted octanol–water partition coefficient (Wildman–Crippen LogP) is 3.16. The van der Waals surface area contributed by atoms with Crippen molar-refractivity contribution >= 4 is 0 Å². The summed E-state index contributed by atoms with van der Waals surface area (Å²) in [5, 5.41) is 9.06. The van der Waals surface area contributed by atoms with Gasteiger partial charge in [-0.1, -0.05) is 24.3 Å². The van der Waals surface area contributed by atoms with Gasteiger partial charge in [0.05, 0.1) is 6.54 Å². The van der Waals surface area contributed by atoms with E-state index in [1.807, 2.05) is 12.1 Å². The second-order valence-electron chi connectivity index (χ2n) is 5.44. The number of hydrogen-bond acceptors (Lipinski definition) is 3. The zero-order chi connectivity index (χ0) is 12.8. The Morgan fingerprint density at radius 3 is 2.21 bits per heavy atom. The van der Waals surface area contributed by atoms with Crippen molar-refractivity contribution in [1.82, 2.24) is 4.90 Å². The maximum absolute atomic E-state index is 9.06. The van der Waals surface area contributed by atoms with Gasteiger partial charge in [0.25, 0.3) is 0 Å². The van der Waals surface area contributed by atoms with Gasteiger partial charge in [-0.25, -0.2) is 0 Å². The number of rotatable bonds is 3. The monoisotopic (exact) mass is 255 g/mol. The Hall–Kier alpha value is -1.58. The second-order valence-corrected chi connectivity index (χ2v) is 5.44. The molecule has 1 aromatic carbocycles. The Labute approximate surface area is 112 Å². The lowest BCUT2D eigenvalue weighted by molar-refractivity contribution is 0.187. The van der Waals surface area contributed by atoms with Crippen molar-refractivity contribution in [3.63, 3.8) is 0 Å². The van der Waals surface area contributed by atoms with E-state index in [1.54, 1.807) is 0 Å². The molecule has 2 aromatic rings. The fraction of sp³-hybridized carbons (Fsp3) is 0.375. The summed E-state index contributed by atoms with van der Waals surface area (Å²) in [5.41, 5.74) is 2.99. The first kappa shape index (κ1) is 11.3. The highest BCUT2D eigenvalue weighted by atomic mass is 16.4. The van der Waals surface area contributed by atoms with Crippen LogP contribution in [0, 0.1) is 0 Å². The molecule has 4 rings (SSSR count). The van der Waals surface area contributed by atoms with Crippen LogP contribution in [0.25, 0.3) is 0 Å². The van der Waals surface area contributed by atoms with Crippen LogP contribution in [0.3, 0.4) is 0 Å². The Bertz CT molecular complexity index is 573. The molecule has 1 aromatic heterocycles. The molecule has 3 heterocycles. The van der Waals surface area contributed by atoms with Crippen LogP contribution >= 0.6 is 0 Å². The maximum atomic E-state index is 9.06. The van der Waals surface area contributed by atoms with Gasteiger partial charge in [0, 0.05) is 12.1 Å². The molecule has 0 radical (unpaired) electrons.